The average molecular weight is 410 g/mol. The van der Waals surface area contributed by atoms with Crippen molar-refractivity contribution < 1.29 is 14.3 Å². The van der Waals surface area contributed by atoms with Crippen LogP contribution in [0.15, 0.2) is 34.5 Å². The van der Waals surface area contributed by atoms with E-state index < -0.39 is 5.97 Å². The number of hydrogen-bond donors (Lipinski definition) is 0. The Bertz CT molecular complexity index is 709. The lowest BCUT2D eigenvalue weighted by molar-refractivity contribution is -0.139. The van der Waals surface area contributed by atoms with Gasteiger partial charge in [0.2, 0.25) is 0 Å². The Balaban J connectivity index is 2.40. The third kappa shape index (κ3) is 3.88. The van der Waals surface area contributed by atoms with Gasteiger partial charge in [0.1, 0.15) is 10.6 Å². The second-order valence-electron chi connectivity index (χ2n) is 4.68. The monoisotopic (exact) mass is 408 g/mol. The van der Waals surface area contributed by atoms with Crippen LogP contribution in [0, 0.1) is 0 Å². The van der Waals surface area contributed by atoms with E-state index in [0.29, 0.717) is 26.0 Å². The first-order valence-electron chi connectivity index (χ1n) is 6.71. The summed E-state index contributed by atoms with van der Waals surface area (Å²) in [7, 11) is 4.48. The predicted molar refractivity (Wildman–Crippen MR) is 98.4 cm³/mol. The van der Waals surface area contributed by atoms with Gasteiger partial charge in [0.25, 0.3) is 0 Å². The fourth-order valence-corrected chi connectivity index (χ4v) is 3.65. The quantitative estimate of drug-likeness (QED) is 0.409. The van der Waals surface area contributed by atoms with Crippen LogP contribution in [0.5, 0.6) is 0 Å². The molecular formula is C15H15Cl3N2O3S. The molecule has 130 valence electrons. The number of likely N-dealkylation sites (N-methyl/N-ethyl adjacent to an activating group) is 1. The molecule has 1 heterocycles. The smallest absolute Gasteiger partial charge is 0.359 e. The van der Waals surface area contributed by atoms with Crippen molar-refractivity contribution >= 4 is 58.2 Å². The number of hydrogen-bond acceptors (Lipinski definition) is 6. The summed E-state index contributed by atoms with van der Waals surface area (Å²) in [6, 6.07) is 5.24. The molecule has 0 unspecified atom stereocenters. The topological polar surface area (TPSA) is 42.0 Å². The number of methoxy groups -OCH3 is 2. The highest BCUT2D eigenvalue weighted by atomic mass is 35.5. The first-order chi connectivity index (χ1) is 11.4. The fourth-order valence-electron chi connectivity index (χ4n) is 2.10. The second-order valence-corrected chi connectivity index (χ2v) is 7.05. The molecule has 0 saturated carbocycles. The fraction of sp³-hybridized carbons (Fsp3) is 0.267. The Labute approximate surface area is 159 Å². The molecule has 1 aromatic carbocycles. The van der Waals surface area contributed by atoms with E-state index in [9.17, 15) is 4.79 Å². The van der Waals surface area contributed by atoms with Crippen molar-refractivity contribution in [2.24, 2.45) is 0 Å². The van der Waals surface area contributed by atoms with Crippen LogP contribution in [0.2, 0.25) is 10.0 Å². The Morgan fingerprint density at radius 3 is 2.58 bits per heavy atom. The third-order valence-electron chi connectivity index (χ3n) is 3.29. The molecule has 0 aromatic heterocycles. The summed E-state index contributed by atoms with van der Waals surface area (Å²) in [5.74, 6) is -0.0102. The summed E-state index contributed by atoms with van der Waals surface area (Å²) < 4.78 is 10.4. The zero-order chi connectivity index (χ0) is 17.9. The van der Waals surface area contributed by atoms with Gasteiger partial charge in [0.05, 0.1) is 35.8 Å². The zero-order valence-electron chi connectivity index (χ0n) is 13.2. The van der Waals surface area contributed by atoms with Crippen molar-refractivity contribution in [2.45, 2.75) is 0 Å². The first-order valence-corrected chi connectivity index (χ1v) is 8.83. The molecule has 2 rings (SSSR count). The summed E-state index contributed by atoms with van der Waals surface area (Å²) >= 11 is 19.9. The van der Waals surface area contributed by atoms with Crippen molar-refractivity contribution in [1.82, 2.24) is 10.0 Å². The van der Waals surface area contributed by atoms with Gasteiger partial charge in [-0.1, -0.05) is 52.6 Å². The first kappa shape index (κ1) is 19.1. The number of hydrazine groups is 1. The molecule has 0 radical (unpaired) electrons. The molecule has 0 aliphatic carbocycles. The normalized spacial score (nSPS) is 14.9. The summed E-state index contributed by atoms with van der Waals surface area (Å²) in [5, 5.41) is 4.33. The van der Waals surface area contributed by atoms with Gasteiger partial charge in [-0.25, -0.2) is 4.79 Å². The Hall–Kier alpha value is -1.21. The predicted octanol–water partition coefficient (Wildman–Crippen LogP) is 4.37. The van der Waals surface area contributed by atoms with Crippen LogP contribution in [-0.4, -0.2) is 43.1 Å². The van der Waals surface area contributed by atoms with E-state index in [-0.39, 0.29) is 5.70 Å². The molecular weight excluding hydrogens is 395 g/mol. The minimum atomic E-state index is -0.527. The van der Waals surface area contributed by atoms with Gasteiger partial charge in [-0.05, 0) is 12.1 Å². The molecule has 0 spiro atoms. The Morgan fingerprint density at radius 2 is 2.00 bits per heavy atom. The van der Waals surface area contributed by atoms with Crippen LogP contribution in [0.1, 0.15) is 5.56 Å². The van der Waals surface area contributed by atoms with Crippen LogP contribution in [-0.2, 0) is 14.3 Å². The van der Waals surface area contributed by atoms with E-state index in [1.165, 1.54) is 32.2 Å². The third-order valence-corrected chi connectivity index (χ3v) is 5.35. The molecule has 1 aliphatic rings. The van der Waals surface area contributed by atoms with Crippen molar-refractivity contribution in [3.05, 3.63) is 50.1 Å². The van der Waals surface area contributed by atoms with E-state index >= 15 is 0 Å². The molecule has 0 atom stereocenters. The lowest BCUT2D eigenvalue weighted by Gasteiger charge is -2.33. The molecule has 0 saturated heterocycles. The molecule has 24 heavy (non-hydrogen) atoms. The molecule has 9 heteroatoms. The molecule has 0 bridgehead atoms. The molecule has 0 amide bonds. The maximum absolute atomic E-state index is 12.0. The molecule has 5 nitrogen and oxygen atoms in total. The van der Waals surface area contributed by atoms with Gasteiger partial charge < -0.3 is 9.47 Å². The van der Waals surface area contributed by atoms with Crippen LogP contribution in [0.4, 0.5) is 0 Å². The molecule has 0 fully saturated rings. The minimum absolute atomic E-state index is 0.226. The van der Waals surface area contributed by atoms with Crippen LogP contribution in [0.25, 0.3) is 5.70 Å². The number of benzene rings is 1. The lowest BCUT2D eigenvalue weighted by atomic mass is 10.1. The van der Waals surface area contributed by atoms with Gasteiger partial charge >= 0.3 is 5.97 Å². The number of ether oxygens (including phenoxy) is 2. The number of rotatable bonds is 5. The van der Waals surface area contributed by atoms with Crippen LogP contribution >= 0.6 is 46.6 Å². The highest BCUT2D eigenvalue weighted by Crippen LogP contribution is 2.42. The van der Waals surface area contributed by atoms with E-state index in [1.54, 1.807) is 24.2 Å². The average Bonchev–Trinajstić information content (AvgIpc) is 2.95. The van der Waals surface area contributed by atoms with E-state index in [0.717, 1.165) is 5.56 Å². The summed E-state index contributed by atoms with van der Waals surface area (Å²) in [6.45, 7) is 0. The van der Waals surface area contributed by atoms with E-state index in [1.807, 2.05) is 11.1 Å². The Kier molecular flexibility index (Phi) is 6.57. The standard InChI is InChI=1S/C15H15Cl3N2O3S/c1-19(12(7-22-2)15(21)23-3)20-8-24-14(18)13(20)9-4-5-10(16)11(17)6-9/h4-7H,8H2,1-3H3/b12-7+. The number of thioether (sulfide) groups is 1. The van der Waals surface area contributed by atoms with Crippen molar-refractivity contribution in [3.63, 3.8) is 0 Å². The van der Waals surface area contributed by atoms with Gasteiger partial charge in [0, 0.05) is 12.6 Å². The minimum Gasteiger partial charge on any atom is -0.502 e. The highest BCUT2D eigenvalue weighted by Gasteiger charge is 2.30. The lowest BCUT2D eigenvalue weighted by Crippen LogP contribution is -2.38. The van der Waals surface area contributed by atoms with Crippen molar-refractivity contribution in [3.8, 4) is 0 Å². The highest BCUT2D eigenvalue weighted by molar-refractivity contribution is 8.05. The number of nitrogens with zero attached hydrogens (tertiary/aromatic N) is 2. The maximum Gasteiger partial charge on any atom is 0.359 e. The van der Waals surface area contributed by atoms with E-state index in [2.05, 4.69) is 0 Å². The zero-order valence-corrected chi connectivity index (χ0v) is 16.3. The van der Waals surface area contributed by atoms with Crippen molar-refractivity contribution in [1.29, 1.82) is 0 Å². The molecule has 1 aliphatic heterocycles. The SMILES string of the molecule is CO/C=C(\C(=O)OC)N(C)N1CSC(Cl)=C1c1ccc(Cl)c(Cl)c1. The molecule has 0 N–H and O–H groups in total. The van der Waals surface area contributed by atoms with Crippen LogP contribution < -0.4 is 0 Å². The summed E-state index contributed by atoms with van der Waals surface area (Å²) in [6.07, 6.45) is 1.31. The van der Waals surface area contributed by atoms with E-state index in [4.69, 9.17) is 44.3 Å². The van der Waals surface area contributed by atoms with Gasteiger partial charge in [-0.2, -0.15) is 0 Å². The van der Waals surface area contributed by atoms with Gasteiger partial charge in [-0.3, -0.25) is 10.0 Å². The Morgan fingerprint density at radius 1 is 1.29 bits per heavy atom. The van der Waals surface area contributed by atoms with Crippen molar-refractivity contribution in [2.75, 3.05) is 27.1 Å². The maximum atomic E-state index is 12.0. The van der Waals surface area contributed by atoms with Gasteiger partial charge in [0.15, 0.2) is 5.70 Å². The van der Waals surface area contributed by atoms with Crippen LogP contribution in [0.3, 0.4) is 0 Å². The summed E-state index contributed by atoms with van der Waals surface area (Å²) in [4.78, 5) is 12.0. The second kappa shape index (κ2) is 8.25. The van der Waals surface area contributed by atoms with Gasteiger partial charge in [-0.15, -0.1) is 0 Å². The largest absolute Gasteiger partial charge is 0.502 e. The number of carbonyl (C=O) groups is 1. The number of carbonyl (C=O) groups excluding carboxylic acids is 1. The molecule has 1 aromatic rings. The number of esters is 1. The summed E-state index contributed by atoms with van der Waals surface area (Å²) in [5.41, 5.74) is 1.73. The number of halogens is 3.